The molecule has 2 aliphatic rings. The summed E-state index contributed by atoms with van der Waals surface area (Å²) in [5, 5.41) is 0.781. The molecule has 2 heteroatoms. The van der Waals surface area contributed by atoms with Gasteiger partial charge in [-0.25, -0.2) is 0 Å². The van der Waals surface area contributed by atoms with Gasteiger partial charge in [0.25, 0.3) is 0 Å². The number of thioether (sulfide) groups is 1. The number of rotatable bonds is 2. The highest BCUT2D eigenvalue weighted by Gasteiger charge is 2.27. The SMILES string of the molecule is CC1CCN(CC2Cc3ccccc3S2)CC1C. The van der Waals surface area contributed by atoms with Crippen molar-refractivity contribution in [1.82, 2.24) is 4.90 Å². The van der Waals surface area contributed by atoms with E-state index < -0.39 is 0 Å². The van der Waals surface area contributed by atoms with Gasteiger partial charge < -0.3 is 4.90 Å². The Morgan fingerprint density at radius 1 is 1.22 bits per heavy atom. The average molecular weight is 261 g/mol. The number of fused-ring (bicyclic) bond motifs is 1. The predicted octanol–water partition coefficient (Wildman–Crippen LogP) is 3.68. The van der Waals surface area contributed by atoms with E-state index in [0.29, 0.717) is 0 Å². The van der Waals surface area contributed by atoms with Gasteiger partial charge in [-0.1, -0.05) is 32.0 Å². The first-order chi connectivity index (χ1) is 8.72. The molecule has 0 spiro atoms. The lowest BCUT2D eigenvalue weighted by Gasteiger charge is -2.36. The van der Waals surface area contributed by atoms with Crippen molar-refractivity contribution in [3.63, 3.8) is 0 Å². The number of likely N-dealkylation sites (tertiary alicyclic amines) is 1. The Labute approximate surface area is 115 Å². The monoisotopic (exact) mass is 261 g/mol. The maximum Gasteiger partial charge on any atom is 0.0263 e. The zero-order chi connectivity index (χ0) is 12.5. The fourth-order valence-electron chi connectivity index (χ4n) is 3.16. The minimum Gasteiger partial charge on any atom is -0.302 e. The van der Waals surface area contributed by atoms with Gasteiger partial charge >= 0.3 is 0 Å². The highest BCUT2D eigenvalue weighted by molar-refractivity contribution is 8.00. The third-order valence-electron chi connectivity index (χ3n) is 4.59. The fraction of sp³-hybridized carbons (Fsp3) is 0.625. The first-order valence-electron chi connectivity index (χ1n) is 7.19. The van der Waals surface area contributed by atoms with Gasteiger partial charge in [-0.3, -0.25) is 0 Å². The van der Waals surface area contributed by atoms with Crippen molar-refractivity contribution in [2.75, 3.05) is 19.6 Å². The molecule has 3 rings (SSSR count). The maximum absolute atomic E-state index is 2.69. The summed E-state index contributed by atoms with van der Waals surface area (Å²) in [6, 6.07) is 8.91. The Morgan fingerprint density at radius 3 is 2.83 bits per heavy atom. The van der Waals surface area contributed by atoms with Crippen LogP contribution in [0.15, 0.2) is 29.2 Å². The van der Waals surface area contributed by atoms with E-state index in [1.807, 2.05) is 0 Å². The molecule has 0 amide bonds. The van der Waals surface area contributed by atoms with Crippen molar-refractivity contribution in [3.8, 4) is 0 Å². The summed E-state index contributed by atoms with van der Waals surface area (Å²) in [6.07, 6.45) is 2.65. The van der Waals surface area contributed by atoms with E-state index in [0.717, 1.165) is 17.1 Å². The summed E-state index contributed by atoms with van der Waals surface area (Å²) in [5.74, 6) is 1.78. The van der Waals surface area contributed by atoms with Crippen molar-refractivity contribution in [3.05, 3.63) is 29.8 Å². The second-order valence-electron chi connectivity index (χ2n) is 6.05. The van der Waals surface area contributed by atoms with Crippen LogP contribution in [0, 0.1) is 11.8 Å². The molecule has 1 aromatic rings. The Balaban J connectivity index is 1.57. The topological polar surface area (TPSA) is 3.24 Å². The number of nitrogens with zero attached hydrogens (tertiary/aromatic N) is 1. The minimum atomic E-state index is 0.781. The van der Waals surface area contributed by atoms with Gasteiger partial charge in [0, 0.05) is 23.2 Å². The first kappa shape index (κ1) is 12.6. The van der Waals surface area contributed by atoms with Crippen molar-refractivity contribution in [1.29, 1.82) is 0 Å². The Hall–Kier alpha value is -0.470. The summed E-state index contributed by atoms with van der Waals surface area (Å²) in [7, 11) is 0. The molecule has 0 bridgehead atoms. The van der Waals surface area contributed by atoms with E-state index in [4.69, 9.17) is 0 Å². The standard InChI is InChI=1S/C16H23NS/c1-12-7-8-17(10-13(12)2)11-15-9-14-5-3-4-6-16(14)18-15/h3-6,12-13,15H,7-11H2,1-2H3. The predicted molar refractivity (Wildman–Crippen MR) is 79.2 cm³/mol. The smallest absolute Gasteiger partial charge is 0.0263 e. The summed E-state index contributed by atoms with van der Waals surface area (Å²) < 4.78 is 0. The van der Waals surface area contributed by atoms with Gasteiger partial charge in [-0.15, -0.1) is 11.8 Å². The fourth-order valence-corrected chi connectivity index (χ4v) is 4.53. The molecule has 0 aromatic heterocycles. The van der Waals surface area contributed by atoms with E-state index in [2.05, 4.69) is 54.8 Å². The van der Waals surface area contributed by atoms with E-state index in [1.54, 1.807) is 5.56 Å². The van der Waals surface area contributed by atoms with E-state index in [1.165, 1.54) is 37.4 Å². The molecule has 0 aliphatic carbocycles. The van der Waals surface area contributed by atoms with Gasteiger partial charge in [0.15, 0.2) is 0 Å². The first-order valence-corrected chi connectivity index (χ1v) is 8.07. The average Bonchev–Trinajstić information content (AvgIpc) is 2.76. The van der Waals surface area contributed by atoms with Crippen molar-refractivity contribution in [2.24, 2.45) is 11.8 Å². The van der Waals surface area contributed by atoms with E-state index >= 15 is 0 Å². The highest BCUT2D eigenvalue weighted by Crippen LogP contribution is 2.37. The zero-order valence-electron chi connectivity index (χ0n) is 11.4. The molecule has 1 saturated heterocycles. The van der Waals surface area contributed by atoms with E-state index in [9.17, 15) is 0 Å². The summed E-state index contributed by atoms with van der Waals surface area (Å²) in [5.41, 5.74) is 1.56. The number of benzene rings is 1. The molecule has 0 N–H and O–H groups in total. The van der Waals surface area contributed by atoms with Gasteiger partial charge in [0.05, 0.1) is 0 Å². The van der Waals surface area contributed by atoms with Crippen LogP contribution < -0.4 is 0 Å². The Bertz CT molecular complexity index is 392. The largest absolute Gasteiger partial charge is 0.302 e. The van der Waals surface area contributed by atoms with Gasteiger partial charge in [0.1, 0.15) is 0 Å². The van der Waals surface area contributed by atoms with Crippen LogP contribution in [-0.4, -0.2) is 29.8 Å². The van der Waals surface area contributed by atoms with Gasteiger partial charge in [0.2, 0.25) is 0 Å². The van der Waals surface area contributed by atoms with Gasteiger partial charge in [-0.2, -0.15) is 0 Å². The Morgan fingerprint density at radius 2 is 2.06 bits per heavy atom. The third-order valence-corrected chi connectivity index (χ3v) is 5.90. The molecule has 3 atom stereocenters. The van der Waals surface area contributed by atoms with Crippen LogP contribution in [0.1, 0.15) is 25.8 Å². The minimum absolute atomic E-state index is 0.781. The van der Waals surface area contributed by atoms with Crippen LogP contribution in [0.25, 0.3) is 0 Å². The summed E-state index contributed by atoms with van der Waals surface area (Å²) in [4.78, 5) is 4.20. The molecule has 3 unspecified atom stereocenters. The number of piperidine rings is 1. The molecule has 1 nitrogen and oxygen atoms in total. The van der Waals surface area contributed by atoms with Crippen molar-refractivity contribution < 1.29 is 0 Å². The molecule has 1 fully saturated rings. The van der Waals surface area contributed by atoms with Gasteiger partial charge in [-0.05, 0) is 42.9 Å². The molecular weight excluding hydrogens is 238 g/mol. The van der Waals surface area contributed by atoms with Crippen LogP contribution >= 0.6 is 11.8 Å². The zero-order valence-corrected chi connectivity index (χ0v) is 12.2. The number of hydrogen-bond donors (Lipinski definition) is 0. The molecule has 18 heavy (non-hydrogen) atoms. The highest BCUT2D eigenvalue weighted by atomic mass is 32.2. The second-order valence-corrected chi connectivity index (χ2v) is 7.40. The van der Waals surface area contributed by atoms with Crippen LogP contribution in [0.4, 0.5) is 0 Å². The molecule has 2 aliphatic heterocycles. The quantitative estimate of drug-likeness (QED) is 0.799. The second kappa shape index (κ2) is 5.26. The molecule has 0 saturated carbocycles. The molecule has 1 aromatic carbocycles. The lowest BCUT2D eigenvalue weighted by atomic mass is 9.88. The third kappa shape index (κ3) is 2.60. The normalized spacial score (nSPS) is 32.4. The van der Waals surface area contributed by atoms with Crippen molar-refractivity contribution >= 4 is 11.8 Å². The molecular formula is C16H23NS. The lowest BCUT2D eigenvalue weighted by Crippen LogP contribution is -2.41. The maximum atomic E-state index is 2.69. The Kier molecular flexibility index (Phi) is 3.67. The van der Waals surface area contributed by atoms with Crippen LogP contribution in [-0.2, 0) is 6.42 Å². The lowest BCUT2D eigenvalue weighted by molar-refractivity contribution is 0.139. The molecule has 2 heterocycles. The number of hydrogen-bond acceptors (Lipinski definition) is 2. The van der Waals surface area contributed by atoms with Crippen LogP contribution in [0.5, 0.6) is 0 Å². The van der Waals surface area contributed by atoms with Crippen LogP contribution in [0.3, 0.4) is 0 Å². The molecule has 0 radical (unpaired) electrons. The summed E-state index contributed by atoms with van der Waals surface area (Å²) in [6.45, 7) is 8.69. The summed E-state index contributed by atoms with van der Waals surface area (Å²) >= 11 is 2.09. The van der Waals surface area contributed by atoms with Crippen LogP contribution in [0.2, 0.25) is 0 Å². The van der Waals surface area contributed by atoms with Crippen molar-refractivity contribution in [2.45, 2.75) is 36.8 Å². The molecule has 98 valence electrons. The van der Waals surface area contributed by atoms with E-state index in [-0.39, 0.29) is 0 Å².